The number of sulfonamides is 1. The van der Waals surface area contributed by atoms with E-state index < -0.39 is 21.9 Å². The topological polar surface area (TPSA) is 85.7 Å². The maximum absolute atomic E-state index is 13.7. The predicted octanol–water partition coefficient (Wildman–Crippen LogP) is 4.08. The highest BCUT2D eigenvalue weighted by Crippen LogP contribution is 2.29. The number of carbonyl (C=O) groups is 2. The van der Waals surface area contributed by atoms with Gasteiger partial charge in [-0.25, -0.2) is 13.2 Å². The average molecular weight is 463 g/mol. The van der Waals surface area contributed by atoms with Crippen molar-refractivity contribution in [3.8, 4) is 0 Å². The molecule has 7 nitrogen and oxygen atoms in total. The molecule has 0 saturated heterocycles. The van der Waals surface area contributed by atoms with Gasteiger partial charge in [0.25, 0.3) is 5.91 Å². The van der Waals surface area contributed by atoms with E-state index in [1.807, 2.05) is 30.3 Å². The van der Waals surface area contributed by atoms with E-state index in [9.17, 15) is 18.0 Å². The van der Waals surface area contributed by atoms with Gasteiger partial charge in [-0.15, -0.1) is 0 Å². The van der Waals surface area contributed by atoms with E-state index in [1.165, 1.54) is 22.2 Å². The molecule has 0 N–H and O–H groups in total. The normalized spacial score (nSPS) is 11.3. The van der Waals surface area contributed by atoms with Crippen LogP contribution < -0.4 is 4.31 Å². The molecule has 0 atom stereocenters. The van der Waals surface area contributed by atoms with E-state index >= 15 is 0 Å². The Bertz CT molecular complexity index is 1440. The first-order chi connectivity index (χ1) is 15.8. The number of para-hydroxylation sites is 2. The second-order valence-corrected chi connectivity index (χ2v) is 9.41. The molecule has 0 fully saturated rings. The summed E-state index contributed by atoms with van der Waals surface area (Å²) in [5, 5.41) is 0.569. The largest absolute Gasteiger partial charge is 0.465 e. The lowest BCUT2D eigenvalue weighted by Gasteiger charge is -2.25. The Morgan fingerprint density at radius 3 is 2.21 bits per heavy atom. The van der Waals surface area contributed by atoms with Crippen LogP contribution in [-0.2, 0) is 21.3 Å². The molecular weight excluding hydrogens is 440 g/mol. The van der Waals surface area contributed by atoms with E-state index in [0.717, 1.165) is 11.8 Å². The first-order valence-electron chi connectivity index (χ1n) is 10.1. The Hall–Kier alpha value is -3.91. The highest BCUT2D eigenvalue weighted by atomic mass is 32.2. The van der Waals surface area contributed by atoms with E-state index in [-0.39, 0.29) is 23.4 Å². The lowest BCUT2D eigenvalue weighted by molar-refractivity contribution is 0.0603. The first kappa shape index (κ1) is 22.3. The molecule has 4 rings (SSSR count). The van der Waals surface area contributed by atoms with Gasteiger partial charge < -0.3 is 4.74 Å². The number of nitrogens with zero attached hydrogens (tertiary/aromatic N) is 2. The molecule has 3 aromatic carbocycles. The molecule has 1 aromatic heterocycles. The van der Waals surface area contributed by atoms with Crippen LogP contribution in [0.2, 0.25) is 0 Å². The molecule has 0 radical (unpaired) electrons. The van der Waals surface area contributed by atoms with Gasteiger partial charge in [0.2, 0.25) is 10.0 Å². The van der Waals surface area contributed by atoms with Crippen molar-refractivity contribution in [3.63, 3.8) is 0 Å². The Morgan fingerprint density at radius 2 is 1.52 bits per heavy atom. The lowest BCUT2D eigenvalue weighted by atomic mass is 10.1. The van der Waals surface area contributed by atoms with Gasteiger partial charge in [0, 0.05) is 11.6 Å². The Kier molecular flexibility index (Phi) is 6.02. The maximum atomic E-state index is 13.7. The van der Waals surface area contributed by atoms with Crippen molar-refractivity contribution in [2.45, 2.75) is 6.54 Å². The highest BCUT2D eigenvalue weighted by Gasteiger charge is 2.26. The number of hydrogen-bond donors (Lipinski definition) is 0. The molecule has 1 heterocycles. The minimum absolute atomic E-state index is 0.0732. The number of anilines is 1. The number of aromatic nitrogens is 1. The summed E-state index contributed by atoms with van der Waals surface area (Å²) in [5.41, 5.74) is 2.00. The van der Waals surface area contributed by atoms with Crippen LogP contribution in [0, 0.1) is 0 Å². The fourth-order valence-electron chi connectivity index (χ4n) is 3.75. The van der Waals surface area contributed by atoms with Crippen LogP contribution in [0.25, 0.3) is 10.9 Å². The molecule has 4 aromatic rings. The van der Waals surface area contributed by atoms with Crippen LogP contribution in [0.1, 0.15) is 26.3 Å². The molecule has 0 spiro atoms. The quantitative estimate of drug-likeness (QED) is 0.403. The molecule has 0 saturated carbocycles. The summed E-state index contributed by atoms with van der Waals surface area (Å²) in [6, 6.07) is 22.7. The van der Waals surface area contributed by atoms with E-state index in [1.54, 1.807) is 48.5 Å². The average Bonchev–Trinajstić information content (AvgIpc) is 3.21. The fraction of sp³-hybridized carbons (Fsp3) is 0.120. The Morgan fingerprint density at radius 1 is 0.879 bits per heavy atom. The fourth-order valence-corrected chi connectivity index (χ4v) is 4.65. The number of carbonyl (C=O) groups excluding carboxylic acids is 2. The first-order valence-corrected chi connectivity index (χ1v) is 12.0. The van der Waals surface area contributed by atoms with Crippen molar-refractivity contribution in [3.05, 3.63) is 102 Å². The maximum Gasteiger partial charge on any atom is 0.340 e. The van der Waals surface area contributed by atoms with Crippen LogP contribution in [0.3, 0.4) is 0 Å². The number of benzene rings is 3. The molecule has 0 amide bonds. The van der Waals surface area contributed by atoms with Gasteiger partial charge in [-0.1, -0.05) is 60.7 Å². The smallest absolute Gasteiger partial charge is 0.340 e. The predicted molar refractivity (Wildman–Crippen MR) is 127 cm³/mol. The summed E-state index contributed by atoms with van der Waals surface area (Å²) in [6.07, 6.45) is 2.54. The summed E-state index contributed by atoms with van der Waals surface area (Å²) in [4.78, 5) is 26.0. The minimum Gasteiger partial charge on any atom is -0.465 e. The SMILES string of the molecule is COC(=O)c1cn(C(=O)c2ccccc2N(Cc2ccccc2)S(C)(=O)=O)c2ccccc12. The molecule has 0 aliphatic heterocycles. The monoisotopic (exact) mass is 462 g/mol. The summed E-state index contributed by atoms with van der Waals surface area (Å²) in [6.45, 7) is 0.0732. The van der Waals surface area contributed by atoms with Crippen LogP contribution >= 0.6 is 0 Å². The summed E-state index contributed by atoms with van der Waals surface area (Å²) < 4.78 is 32.9. The van der Waals surface area contributed by atoms with Gasteiger partial charge in [0.15, 0.2) is 0 Å². The van der Waals surface area contributed by atoms with Crippen LogP contribution in [0.4, 0.5) is 5.69 Å². The number of esters is 1. The zero-order chi connectivity index (χ0) is 23.6. The molecule has 0 bridgehead atoms. The molecular formula is C25H22N2O5S. The highest BCUT2D eigenvalue weighted by molar-refractivity contribution is 7.92. The third-order valence-electron chi connectivity index (χ3n) is 5.31. The summed E-state index contributed by atoms with van der Waals surface area (Å²) in [7, 11) is -2.43. The van der Waals surface area contributed by atoms with Crippen molar-refractivity contribution in [1.82, 2.24) is 4.57 Å². The number of hydrogen-bond acceptors (Lipinski definition) is 5. The third-order valence-corrected chi connectivity index (χ3v) is 6.44. The molecule has 0 unspecified atom stereocenters. The lowest BCUT2D eigenvalue weighted by Crippen LogP contribution is -2.31. The van der Waals surface area contributed by atoms with Gasteiger partial charge >= 0.3 is 5.97 Å². The van der Waals surface area contributed by atoms with E-state index in [0.29, 0.717) is 10.9 Å². The molecule has 168 valence electrons. The van der Waals surface area contributed by atoms with Crippen LogP contribution in [0.5, 0.6) is 0 Å². The standard InChI is InChI=1S/C25H22N2O5S/c1-32-25(29)21-17-26(22-14-8-6-12-19(21)22)24(28)20-13-7-9-15-23(20)27(33(2,30)31)16-18-10-4-3-5-11-18/h3-15,17H,16H2,1-2H3. The summed E-state index contributed by atoms with van der Waals surface area (Å²) in [5.74, 6) is -1.02. The van der Waals surface area contributed by atoms with Crippen LogP contribution in [0.15, 0.2) is 85.1 Å². The Labute approximate surface area is 191 Å². The Balaban J connectivity index is 1.85. The van der Waals surface area contributed by atoms with E-state index in [4.69, 9.17) is 4.74 Å². The van der Waals surface area contributed by atoms with Crippen molar-refractivity contribution in [2.24, 2.45) is 0 Å². The zero-order valence-electron chi connectivity index (χ0n) is 18.1. The second-order valence-electron chi connectivity index (χ2n) is 7.50. The molecule has 33 heavy (non-hydrogen) atoms. The third kappa shape index (κ3) is 4.38. The number of rotatable bonds is 6. The van der Waals surface area contributed by atoms with Crippen molar-refractivity contribution in [2.75, 3.05) is 17.7 Å². The minimum atomic E-state index is -3.71. The number of ether oxygens (including phenoxy) is 1. The molecule has 0 aliphatic rings. The van der Waals surface area contributed by atoms with Gasteiger partial charge in [0.1, 0.15) is 0 Å². The molecule has 8 heteroatoms. The van der Waals surface area contributed by atoms with Crippen LogP contribution in [-0.4, -0.2) is 38.2 Å². The second kappa shape index (κ2) is 8.91. The van der Waals surface area contributed by atoms with Crippen molar-refractivity contribution >= 4 is 38.5 Å². The van der Waals surface area contributed by atoms with Crippen molar-refractivity contribution < 1.29 is 22.7 Å². The summed E-state index contributed by atoms with van der Waals surface area (Å²) >= 11 is 0. The molecule has 0 aliphatic carbocycles. The number of fused-ring (bicyclic) bond motifs is 1. The van der Waals surface area contributed by atoms with Gasteiger partial charge in [-0.05, 0) is 23.8 Å². The van der Waals surface area contributed by atoms with Gasteiger partial charge in [0.05, 0.1) is 42.2 Å². The number of methoxy groups -OCH3 is 1. The van der Waals surface area contributed by atoms with Gasteiger partial charge in [-0.2, -0.15) is 0 Å². The zero-order valence-corrected chi connectivity index (χ0v) is 19.0. The van der Waals surface area contributed by atoms with E-state index in [2.05, 4.69) is 0 Å². The van der Waals surface area contributed by atoms with Gasteiger partial charge in [-0.3, -0.25) is 13.7 Å². The van der Waals surface area contributed by atoms with Crippen molar-refractivity contribution in [1.29, 1.82) is 0 Å².